The fraction of sp³-hybridized carbons (Fsp3) is 1.00. The first kappa shape index (κ1) is 15.8. The zero-order valence-electron chi connectivity index (χ0n) is 10.8. The summed E-state index contributed by atoms with van der Waals surface area (Å²) in [5.74, 6) is 0.436. The van der Waals surface area contributed by atoms with E-state index in [0.29, 0.717) is 18.9 Å². The van der Waals surface area contributed by atoms with E-state index in [9.17, 15) is 10.2 Å². The molecule has 3 N–H and O–H groups in total. The van der Waals surface area contributed by atoms with Gasteiger partial charge in [0.05, 0.1) is 12.7 Å². The highest BCUT2D eigenvalue weighted by molar-refractivity contribution is 4.92. The first-order valence-electron chi connectivity index (χ1n) is 6.01. The third-order valence-corrected chi connectivity index (χ3v) is 2.99. The Bertz CT molecular complexity index is 184. The average Bonchev–Trinajstić information content (AvgIpc) is 2.24. The summed E-state index contributed by atoms with van der Waals surface area (Å²) in [5.41, 5.74) is -1.37. The second-order valence-electron chi connectivity index (χ2n) is 4.72. The molecule has 1 unspecified atom stereocenters. The van der Waals surface area contributed by atoms with E-state index < -0.39 is 24.4 Å². The molecule has 0 aliphatic heterocycles. The van der Waals surface area contributed by atoms with Crippen molar-refractivity contribution in [2.75, 3.05) is 13.2 Å². The predicted octanol–water partition coefficient (Wildman–Crippen LogP) is 0.932. The van der Waals surface area contributed by atoms with Crippen LogP contribution in [0.3, 0.4) is 0 Å². The average molecular weight is 234 g/mol. The molecule has 0 amide bonds. The highest BCUT2D eigenvalue weighted by Crippen LogP contribution is 2.26. The minimum absolute atomic E-state index is 0.424. The summed E-state index contributed by atoms with van der Waals surface area (Å²) in [4.78, 5) is 0. The topological polar surface area (TPSA) is 69.9 Å². The molecule has 0 bridgehead atoms. The molecule has 98 valence electrons. The molecule has 0 rings (SSSR count). The van der Waals surface area contributed by atoms with Crippen molar-refractivity contribution in [3.05, 3.63) is 0 Å². The van der Waals surface area contributed by atoms with Crippen molar-refractivity contribution in [1.82, 2.24) is 0 Å². The fourth-order valence-corrected chi connectivity index (χ4v) is 1.71. The maximum Gasteiger partial charge on any atom is 0.118 e. The number of rotatable bonds is 8. The van der Waals surface area contributed by atoms with Crippen molar-refractivity contribution in [3.8, 4) is 0 Å². The van der Waals surface area contributed by atoms with Crippen molar-refractivity contribution in [2.45, 2.75) is 58.3 Å². The smallest absolute Gasteiger partial charge is 0.118 e. The Labute approximate surface area is 98.2 Å². The molecular formula is C12H26O4. The van der Waals surface area contributed by atoms with Gasteiger partial charge in [-0.1, -0.05) is 13.8 Å². The normalized spacial score (nSPS) is 19.5. The molecule has 0 aliphatic carbocycles. The minimum atomic E-state index is -1.37. The number of aliphatic hydroxyl groups excluding tert-OH is 2. The van der Waals surface area contributed by atoms with Gasteiger partial charge in [-0.2, -0.15) is 0 Å². The standard InChI is InChI=1S/C12H26O4/c1-5-16-10(4)12(15,11(14)8-13)7-6-9(2)3/h9-11,13-15H,5-8H2,1-4H3/t10?,11-,12-/m1/s1. The molecule has 0 spiro atoms. The van der Waals surface area contributed by atoms with E-state index in [0.717, 1.165) is 6.42 Å². The molecule has 0 saturated heterocycles. The van der Waals surface area contributed by atoms with Gasteiger partial charge in [-0.25, -0.2) is 0 Å². The van der Waals surface area contributed by atoms with Crippen LogP contribution in [0.25, 0.3) is 0 Å². The van der Waals surface area contributed by atoms with E-state index in [-0.39, 0.29) is 0 Å². The second-order valence-corrected chi connectivity index (χ2v) is 4.72. The third kappa shape index (κ3) is 4.37. The van der Waals surface area contributed by atoms with Crippen molar-refractivity contribution in [1.29, 1.82) is 0 Å². The third-order valence-electron chi connectivity index (χ3n) is 2.99. The van der Waals surface area contributed by atoms with Gasteiger partial charge in [0.25, 0.3) is 0 Å². The van der Waals surface area contributed by atoms with Crippen molar-refractivity contribution in [3.63, 3.8) is 0 Å². The van der Waals surface area contributed by atoms with E-state index in [4.69, 9.17) is 9.84 Å². The molecule has 4 heteroatoms. The highest BCUT2D eigenvalue weighted by atomic mass is 16.5. The van der Waals surface area contributed by atoms with Crippen molar-refractivity contribution in [2.24, 2.45) is 5.92 Å². The summed E-state index contributed by atoms with van der Waals surface area (Å²) in [6.45, 7) is 7.69. The van der Waals surface area contributed by atoms with Crippen molar-refractivity contribution >= 4 is 0 Å². The van der Waals surface area contributed by atoms with Gasteiger partial charge in [-0.15, -0.1) is 0 Å². The molecule has 3 atom stereocenters. The van der Waals surface area contributed by atoms with Crippen LogP contribution in [0.5, 0.6) is 0 Å². The van der Waals surface area contributed by atoms with Gasteiger partial charge in [0, 0.05) is 6.61 Å². The van der Waals surface area contributed by atoms with Crippen LogP contribution in [-0.4, -0.2) is 46.3 Å². The molecule has 16 heavy (non-hydrogen) atoms. The molecule has 0 aromatic heterocycles. The predicted molar refractivity (Wildman–Crippen MR) is 63.2 cm³/mol. The molecule has 0 saturated carbocycles. The van der Waals surface area contributed by atoms with Gasteiger partial charge in [0.15, 0.2) is 0 Å². The zero-order valence-corrected chi connectivity index (χ0v) is 10.8. The summed E-state index contributed by atoms with van der Waals surface area (Å²) < 4.78 is 5.34. The number of hydrogen-bond acceptors (Lipinski definition) is 4. The Morgan fingerprint density at radius 1 is 1.25 bits per heavy atom. The maximum absolute atomic E-state index is 10.4. The van der Waals surface area contributed by atoms with E-state index in [2.05, 4.69) is 13.8 Å². The van der Waals surface area contributed by atoms with Crippen molar-refractivity contribution < 1.29 is 20.1 Å². The monoisotopic (exact) mass is 234 g/mol. The van der Waals surface area contributed by atoms with E-state index in [1.54, 1.807) is 6.92 Å². The van der Waals surface area contributed by atoms with Gasteiger partial charge < -0.3 is 20.1 Å². The Morgan fingerprint density at radius 3 is 2.19 bits per heavy atom. The summed E-state index contributed by atoms with van der Waals surface area (Å²) in [6.07, 6.45) is -0.440. The summed E-state index contributed by atoms with van der Waals surface area (Å²) in [6, 6.07) is 0. The van der Waals surface area contributed by atoms with Crippen LogP contribution in [0.1, 0.15) is 40.5 Å². The minimum Gasteiger partial charge on any atom is -0.394 e. The van der Waals surface area contributed by atoms with Gasteiger partial charge in [-0.05, 0) is 32.6 Å². The summed E-state index contributed by atoms with van der Waals surface area (Å²) in [5, 5.41) is 29.1. The maximum atomic E-state index is 10.4. The Hall–Kier alpha value is -0.160. The van der Waals surface area contributed by atoms with Crippen LogP contribution in [0, 0.1) is 5.92 Å². The lowest BCUT2D eigenvalue weighted by molar-refractivity contribution is -0.173. The Morgan fingerprint density at radius 2 is 1.81 bits per heavy atom. The van der Waals surface area contributed by atoms with Gasteiger partial charge in [-0.3, -0.25) is 0 Å². The molecule has 0 aliphatic rings. The second kappa shape index (κ2) is 7.22. The number of aliphatic hydroxyl groups is 3. The lowest BCUT2D eigenvalue weighted by atomic mass is 9.84. The zero-order chi connectivity index (χ0) is 12.8. The summed E-state index contributed by atoms with van der Waals surface area (Å²) in [7, 11) is 0. The lowest BCUT2D eigenvalue weighted by Crippen LogP contribution is -2.53. The molecule has 0 fully saturated rings. The summed E-state index contributed by atoms with van der Waals surface area (Å²) >= 11 is 0. The lowest BCUT2D eigenvalue weighted by Gasteiger charge is -2.37. The van der Waals surface area contributed by atoms with Crippen LogP contribution >= 0.6 is 0 Å². The fourth-order valence-electron chi connectivity index (χ4n) is 1.71. The molecular weight excluding hydrogens is 208 g/mol. The first-order valence-corrected chi connectivity index (χ1v) is 6.01. The van der Waals surface area contributed by atoms with Crippen LogP contribution < -0.4 is 0 Å². The van der Waals surface area contributed by atoms with Crippen LogP contribution in [0.15, 0.2) is 0 Å². The number of ether oxygens (including phenoxy) is 1. The SMILES string of the molecule is CCOC(C)[C@](O)(CCC(C)C)[C@H](O)CO. The Balaban J connectivity index is 4.59. The van der Waals surface area contributed by atoms with E-state index >= 15 is 0 Å². The molecule has 0 aromatic carbocycles. The van der Waals surface area contributed by atoms with Crippen LogP contribution in [0.2, 0.25) is 0 Å². The quantitative estimate of drug-likeness (QED) is 0.584. The van der Waals surface area contributed by atoms with E-state index in [1.165, 1.54) is 0 Å². The Kier molecular flexibility index (Phi) is 7.15. The molecule has 4 nitrogen and oxygen atoms in total. The van der Waals surface area contributed by atoms with E-state index in [1.807, 2.05) is 6.92 Å². The molecule has 0 aromatic rings. The first-order chi connectivity index (χ1) is 7.38. The highest BCUT2D eigenvalue weighted by Gasteiger charge is 2.41. The van der Waals surface area contributed by atoms with Crippen LogP contribution in [0.4, 0.5) is 0 Å². The largest absolute Gasteiger partial charge is 0.394 e. The van der Waals surface area contributed by atoms with Gasteiger partial charge in [0.1, 0.15) is 11.7 Å². The van der Waals surface area contributed by atoms with Gasteiger partial charge in [0.2, 0.25) is 0 Å². The molecule has 0 radical (unpaired) electrons. The van der Waals surface area contributed by atoms with Gasteiger partial charge >= 0.3 is 0 Å². The van der Waals surface area contributed by atoms with Crippen LogP contribution in [-0.2, 0) is 4.74 Å². The molecule has 0 heterocycles. The number of hydrogen-bond donors (Lipinski definition) is 3.